The summed E-state index contributed by atoms with van der Waals surface area (Å²) in [5, 5.41) is 7.43. The molecule has 4 rings (SSSR count). The Hall–Kier alpha value is -2.11. The lowest BCUT2D eigenvalue weighted by Crippen LogP contribution is -2.35. The van der Waals surface area contributed by atoms with Crippen LogP contribution in [0.25, 0.3) is 0 Å². The van der Waals surface area contributed by atoms with Crippen LogP contribution in [0.3, 0.4) is 0 Å². The number of aryl methyl sites for hydroxylation is 1. The standard InChI is InChI=1S/C20H20ClN3OS/c1-13-19(20(25)23-9-7-18-16(11-23)8-10-26-18)14(2)24(22-13)12-15-5-3-4-6-17(15)21/h3-6,8,10H,7,9,11-12H2,1-2H3. The zero-order chi connectivity index (χ0) is 18.3. The zero-order valence-corrected chi connectivity index (χ0v) is 16.4. The summed E-state index contributed by atoms with van der Waals surface area (Å²) in [7, 11) is 0. The second-order valence-electron chi connectivity index (χ2n) is 6.64. The van der Waals surface area contributed by atoms with Crippen molar-refractivity contribution in [1.82, 2.24) is 14.7 Å². The van der Waals surface area contributed by atoms with E-state index in [0.717, 1.165) is 35.5 Å². The predicted octanol–water partition coefficient (Wildman–Crippen LogP) is 4.46. The quantitative estimate of drug-likeness (QED) is 0.667. The zero-order valence-electron chi connectivity index (χ0n) is 14.8. The van der Waals surface area contributed by atoms with Crippen LogP contribution in [0, 0.1) is 13.8 Å². The summed E-state index contributed by atoms with van der Waals surface area (Å²) in [6.07, 6.45) is 0.935. The van der Waals surface area contributed by atoms with Gasteiger partial charge >= 0.3 is 0 Å². The Bertz CT molecular complexity index is 975. The van der Waals surface area contributed by atoms with Crippen molar-refractivity contribution in [2.45, 2.75) is 33.4 Å². The molecule has 0 aliphatic carbocycles. The summed E-state index contributed by atoms with van der Waals surface area (Å²) < 4.78 is 1.88. The Morgan fingerprint density at radius 1 is 1.27 bits per heavy atom. The van der Waals surface area contributed by atoms with Crippen molar-refractivity contribution in [2.24, 2.45) is 0 Å². The lowest BCUT2D eigenvalue weighted by atomic mass is 10.1. The molecule has 0 atom stereocenters. The van der Waals surface area contributed by atoms with Crippen molar-refractivity contribution in [3.05, 3.63) is 73.7 Å². The van der Waals surface area contributed by atoms with Crippen molar-refractivity contribution >= 4 is 28.8 Å². The van der Waals surface area contributed by atoms with Gasteiger partial charge in [0.1, 0.15) is 0 Å². The molecule has 3 heterocycles. The number of fused-ring (bicyclic) bond motifs is 1. The molecule has 1 aromatic carbocycles. The Morgan fingerprint density at radius 3 is 2.88 bits per heavy atom. The fourth-order valence-corrected chi connectivity index (χ4v) is 4.61. The average molecular weight is 386 g/mol. The van der Waals surface area contributed by atoms with Crippen LogP contribution in [0.5, 0.6) is 0 Å². The molecule has 6 heteroatoms. The maximum atomic E-state index is 13.2. The van der Waals surface area contributed by atoms with Crippen LogP contribution in [-0.4, -0.2) is 27.1 Å². The molecule has 3 aromatic rings. The van der Waals surface area contributed by atoms with E-state index in [1.54, 1.807) is 11.3 Å². The lowest BCUT2D eigenvalue weighted by molar-refractivity contribution is 0.0734. The summed E-state index contributed by atoms with van der Waals surface area (Å²) in [5.74, 6) is 0.0715. The fourth-order valence-electron chi connectivity index (χ4n) is 3.53. The van der Waals surface area contributed by atoms with Gasteiger partial charge in [0.15, 0.2) is 0 Å². The Morgan fingerprint density at radius 2 is 2.08 bits per heavy atom. The molecular weight excluding hydrogens is 366 g/mol. The smallest absolute Gasteiger partial charge is 0.257 e. The lowest BCUT2D eigenvalue weighted by Gasteiger charge is -2.27. The van der Waals surface area contributed by atoms with E-state index in [9.17, 15) is 4.79 Å². The summed E-state index contributed by atoms with van der Waals surface area (Å²) in [6.45, 7) is 5.88. The van der Waals surface area contributed by atoms with Crippen molar-refractivity contribution < 1.29 is 4.79 Å². The average Bonchev–Trinajstić information content (AvgIpc) is 3.20. The molecule has 0 saturated heterocycles. The summed E-state index contributed by atoms with van der Waals surface area (Å²) in [4.78, 5) is 16.5. The number of aromatic nitrogens is 2. The highest BCUT2D eigenvalue weighted by Crippen LogP contribution is 2.27. The SMILES string of the molecule is Cc1nn(Cc2ccccc2Cl)c(C)c1C(=O)N1CCc2sccc2C1. The third kappa shape index (κ3) is 3.06. The van der Waals surface area contributed by atoms with Crippen LogP contribution in [0.2, 0.25) is 5.02 Å². The fraction of sp³-hybridized carbons (Fsp3) is 0.300. The molecule has 0 radical (unpaired) electrons. The van der Waals surface area contributed by atoms with E-state index in [4.69, 9.17) is 11.6 Å². The second kappa shape index (κ2) is 6.89. The van der Waals surface area contributed by atoms with Crippen molar-refractivity contribution in [3.63, 3.8) is 0 Å². The largest absolute Gasteiger partial charge is 0.334 e. The van der Waals surface area contributed by atoms with Gasteiger partial charge in [0.2, 0.25) is 0 Å². The number of thiophene rings is 1. The molecule has 134 valence electrons. The molecule has 1 aliphatic rings. The molecular formula is C20H20ClN3OS. The monoisotopic (exact) mass is 385 g/mol. The molecule has 0 unspecified atom stereocenters. The predicted molar refractivity (Wildman–Crippen MR) is 105 cm³/mol. The Kier molecular flexibility index (Phi) is 4.59. The minimum absolute atomic E-state index is 0.0715. The van der Waals surface area contributed by atoms with Gasteiger partial charge in [-0.2, -0.15) is 5.10 Å². The molecule has 1 aliphatic heterocycles. The van der Waals surface area contributed by atoms with Crippen LogP contribution in [0.15, 0.2) is 35.7 Å². The topological polar surface area (TPSA) is 38.1 Å². The van der Waals surface area contributed by atoms with Gasteiger partial charge in [-0.1, -0.05) is 29.8 Å². The summed E-state index contributed by atoms with van der Waals surface area (Å²) >= 11 is 8.06. The number of carbonyl (C=O) groups is 1. The number of carbonyl (C=O) groups excluding carboxylic acids is 1. The first-order chi connectivity index (χ1) is 12.5. The van der Waals surface area contributed by atoms with E-state index in [2.05, 4.69) is 16.5 Å². The van der Waals surface area contributed by atoms with Gasteiger partial charge in [-0.3, -0.25) is 9.48 Å². The minimum atomic E-state index is 0.0715. The highest BCUT2D eigenvalue weighted by Gasteiger charge is 2.27. The maximum absolute atomic E-state index is 13.2. The van der Waals surface area contributed by atoms with Gasteiger partial charge in [0, 0.05) is 28.7 Å². The highest BCUT2D eigenvalue weighted by molar-refractivity contribution is 7.10. The number of rotatable bonds is 3. The molecule has 2 aromatic heterocycles. The number of benzene rings is 1. The number of nitrogens with zero attached hydrogens (tertiary/aromatic N) is 3. The normalized spacial score (nSPS) is 13.7. The minimum Gasteiger partial charge on any atom is -0.334 e. The van der Waals surface area contributed by atoms with E-state index in [-0.39, 0.29) is 5.91 Å². The van der Waals surface area contributed by atoms with Crippen LogP contribution >= 0.6 is 22.9 Å². The molecule has 0 bridgehead atoms. The third-order valence-electron chi connectivity index (χ3n) is 4.97. The maximum Gasteiger partial charge on any atom is 0.257 e. The number of halogens is 1. The molecule has 26 heavy (non-hydrogen) atoms. The first-order valence-corrected chi connectivity index (χ1v) is 9.92. The Labute approximate surface area is 162 Å². The van der Waals surface area contributed by atoms with Gasteiger partial charge in [-0.15, -0.1) is 11.3 Å². The number of hydrogen-bond acceptors (Lipinski definition) is 3. The third-order valence-corrected chi connectivity index (χ3v) is 6.36. The Balaban J connectivity index is 1.60. The van der Waals surface area contributed by atoms with Gasteiger partial charge in [-0.25, -0.2) is 0 Å². The van der Waals surface area contributed by atoms with Crippen LogP contribution < -0.4 is 0 Å². The summed E-state index contributed by atoms with van der Waals surface area (Å²) in [5.41, 5.74) is 4.66. The van der Waals surface area contributed by atoms with E-state index in [1.165, 1.54) is 10.4 Å². The molecule has 0 spiro atoms. The summed E-state index contributed by atoms with van der Waals surface area (Å²) in [6, 6.07) is 9.87. The molecule has 0 N–H and O–H groups in total. The first-order valence-electron chi connectivity index (χ1n) is 8.66. The van der Waals surface area contributed by atoms with E-state index in [0.29, 0.717) is 18.1 Å². The number of amides is 1. The van der Waals surface area contributed by atoms with Crippen LogP contribution in [0.4, 0.5) is 0 Å². The van der Waals surface area contributed by atoms with Gasteiger partial charge in [0.05, 0.1) is 17.8 Å². The highest BCUT2D eigenvalue weighted by atomic mass is 35.5. The molecule has 0 fully saturated rings. The van der Waals surface area contributed by atoms with Crippen LogP contribution in [0.1, 0.15) is 37.7 Å². The first kappa shape index (κ1) is 17.3. The van der Waals surface area contributed by atoms with Gasteiger partial charge < -0.3 is 4.90 Å². The number of hydrogen-bond donors (Lipinski definition) is 0. The van der Waals surface area contributed by atoms with E-state index in [1.807, 2.05) is 47.7 Å². The van der Waals surface area contributed by atoms with Crippen molar-refractivity contribution in [3.8, 4) is 0 Å². The van der Waals surface area contributed by atoms with Gasteiger partial charge in [0.25, 0.3) is 5.91 Å². The van der Waals surface area contributed by atoms with E-state index < -0.39 is 0 Å². The van der Waals surface area contributed by atoms with Crippen molar-refractivity contribution in [2.75, 3.05) is 6.54 Å². The van der Waals surface area contributed by atoms with Gasteiger partial charge in [-0.05, 0) is 48.9 Å². The van der Waals surface area contributed by atoms with Crippen molar-refractivity contribution in [1.29, 1.82) is 0 Å². The second-order valence-corrected chi connectivity index (χ2v) is 8.05. The molecule has 1 amide bonds. The molecule has 4 nitrogen and oxygen atoms in total. The van der Waals surface area contributed by atoms with Crippen LogP contribution in [-0.2, 0) is 19.5 Å². The molecule has 0 saturated carbocycles. The van der Waals surface area contributed by atoms with E-state index >= 15 is 0 Å².